The number of benzene rings is 1. The van der Waals surface area contributed by atoms with Crippen LogP contribution in [0.1, 0.15) is 5.56 Å². The highest BCUT2D eigenvalue weighted by atomic mass is 32.2. The Balaban J connectivity index is 0.00000136. The smallest absolute Gasteiger partial charge is 0.209 e. The summed E-state index contributed by atoms with van der Waals surface area (Å²) in [6.45, 7) is 0. The van der Waals surface area contributed by atoms with E-state index in [0.717, 1.165) is 24.5 Å². The zero-order valence-electron chi connectivity index (χ0n) is 15.6. The van der Waals surface area contributed by atoms with Gasteiger partial charge in [-0.15, -0.1) is 5.10 Å². The number of hydrogen-bond donors (Lipinski definition) is 2. The van der Waals surface area contributed by atoms with Gasteiger partial charge in [0.2, 0.25) is 5.16 Å². The molecule has 9 nitrogen and oxygen atoms in total. The first-order valence-corrected chi connectivity index (χ1v) is 9.02. The van der Waals surface area contributed by atoms with E-state index < -0.39 is 0 Å². The van der Waals surface area contributed by atoms with Gasteiger partial charge in [0.1, 0.15) is 24.9 Å². The third-order valence-electron chi connectivity index (χ3n) is 3.40. The van der Waals surface area contributed by atoms with E-state index >= 15 is 0 Å². The molecule has 2 heterocycles. The van der Waals surface area contributed by atoms with Crippen LogP contribution in [-0.2, 0) is 9.63 Å². The highest BCUT2D eigenvalue weighted by molar-refractivity contribution is 7.99. The number of ether oxygens (including phenoxy) is 1. The fourth-order valence-electron chi connectivity index (χ4n) is 2.25. The number of aromatic nitrogens is 3. The fraction of sp³-hybridized carbons (Fsp3) is 0.222. The molecular formula is C18H20N4O5S. The van der Waals surface area contributed by atoms with Crippen molar-refractivity contribution in [1.82, 2.24) is 15.2 Å². The molecule has 3 rings (SSSR count). The Morgan fingerprint density at radius 2 is 2.04 bits per heavy atom. The first-order chi connectivity index (χ1) is 13.7. The molecule has 0 aliphatic heterocycles. The van der Waals surface area contributed by atoms with Gasteiger partial charge in [0.15, 0.2) is 11.6 Å². The van der Waals surface area contributed by atoms with E-state index in [1.807, 2.05) is 24.3 Å². The molecule has 0 fully saturated rings. The Morgan fingerprint density at radius 1 is 1.25 bits per heavy atom. The van der Waals surface area contributed by atoms with E-state index in [9.17, 15) is 4.79 Å². The van der Waals surface area contributed by atoms with Crippen LogP contribution < -0.4 is 4.74 Å². The number of carbonyl (C=O) groups is 1. The Labute approximate surface area is 165 Å². The Kier molecular flexibility index (Phi) is 8.25. The molecule has 0 unspecified atom stereocenters. The number of H-pyrrole nitrogens is 1. The molecule has 0 amide bonds. The summed E-state index contributed by atoms with van der Waals surface area (Å²) < 4.78 is 11.2. The lowest BCUT2D eigenvalue weighted by Gasteiger charge is -2.06. The number of carbonyl (C=O) groups excluding carboxylic acids is 1. The maximum Gasteiger partial charge on any atom is 0.209 e. The lowest BCUT2D eigenvalue weighted by molar-refractivity contribution is -0.105. The molecule has 0 radical (unpaired) electrons. The quantitative estimate of drug-likeness (QED) is 0.254. The number of nitrogens with zero attached hydrogens (tertiary/aromatic N) is 3. The lowest BCUT2D eigenvalue weighted by Crippen LogP contribution is -1.92. The summed E-state index contributed by atoms with van der Waals surface area (Å²) in [5.74, 6) is 2.69. The normalized spacial score (nSPS) is 10.4. The van der Waals surface area contributed by atoms with Crippen molar-refractivity contribution in [2.24, 2.45) is 5.16 Å². The van der Waals surface area contributed by atoms with Gasteiger partial charge in [0.05, 0.1) is 19.1 Å². The second-order valence-corrected chi connectivity index (χ2v) is 5.97. The van der Waals surface area contributed by atoms with Crippen molar-refractivity contribution in [3.8, 4) is 28.7 Å². The third-order valence-corrected chi connectivity index (χ3v) is 4.14. The Hall–Kier alpha value is -3.11. The summed E-state index contributed by atoms with van der Waals surface area (Å²) in [5, 5.41) is 18.1. The standard InChI is InChI=1S/C17H16N4O4S.CH4O/c1-23-13-4-3-11(9-12(13)10-18-24-2)14-5-6-15(25-14)16-19-17(21-20-16)26-8-7-22;1-2/h3-7,9-10H,8H2,1-2H3,(H,19,20,21);2H,1H3/b18-10+;. The molecule has 0 saturated heterocycles. The van der Waals surface area contributed by atoms with Crippen LogP contribution in [0.25, 0.3) is 22.9 Å². The SMILES string of the molecule is CO.CO/N=C/c1cc(-c2ccc(-c3nc(SCC=O)n[nH]3)o2)ccc1OC. The zero-order valence-corrected chi connectivity index (χ0v) is 16.4. The number of aldehydes is 1. The summed E-state index contributed by atoms with van der Waals surface area (Å²) in [4.78, 5) is 19.4. The predicted octanol–water partition coefficient (Wildman–Crippen LogP) is 2.62. The molecule has 148 valence electrons. The van der Waals surface area contributed by atoms with Crippen molar-refractivity contribution in [1.29, 1.82) is 0 Å². The lowest BCUT2D eigenvalue weighted by atomic mass is 10.1. The van der Waals surface area contributed by atoms with Gasteiger partial charge in [-0.2, -0.15) is 4.98 Å². The minimum Gasteiger partial charge on any atom is -0.496 e. The van der Waals surface area contributed by atoms with Crippen LogP contribution in [0.3, 0.4) is 0 Å². The first kappa shape index (κ1) is 21.2. The van der Waals surface area contributed by atoms with Crippen LogP contribution in [0, 0.1) is 0 Å². The van der Waals surface area contributed by atoms with Gasteiger partial charge in [0.25, 0.3) is 0 Å². The minimum absolute atomic E-state index is 0.304. The number of hydrogen-bond acceptors (Lipinski definition) is 9. The maximum absolute atomic E-state index is 10.4. The number of furan rings is 1. The monoisotopic (exact) mass is 404 g/mol. The summed E-state index contributed by atoms with van der Waals surface area (Å²) in [6.07, 6.45) is 2.37. The van der Waals surface area contributed by atoms with E-state index in [2.05, 4.69) is 20.3 Å². The van der Waals surface area contributed by atoms with Crippen molar-refractivity contribution in [2.75, 3.05) is 27.1 Å². The number of nitrogens with one attached hydrogen (secondary N) is 1. The number of aromatic amines is 1. The van der Waals surface area contributed by atoms with Gasteiger partial charge in [-0.25, -0.2) is 0 Å². The number of oxime groups is 1. The van der Waals surface area contributed by atoms with E-state index in [4.69, 9.17) is 19.1 Å². The summed E-state index contributed by atoms with van der Waals surface area (Å²) in [6, 6.07) is 9.25. The number of aliphatic hydroxyl groups excluding tert-OH is 1. The van der Waals surface area contributed by atoms with Crippen LogP contribution in [0.2, 0.25) is 0 Å². The van der Waals surface area contributed by atoms with E-state index in [-0.39, 0.29) is 0 Å². The van der Waals surface area contributed by atoms with Gasteiger partial charge < -0.3 is 23.9 Å². The van der Waals surface area contributed by atoms with E-state index in [1.165, 1.54) is 18.9 Å². The van der Waals surface area contributed by atoms with Crippen molar-refractivity contribution < 1.29 is 23.9 Å². The molecule has 1 aromatic carbocycles. The van der Waals surface area contributed by atoms with Gasteiger partial charge in [-0.1, -0.05) is 16.9 Å². The molecule has 2 N–H and O–H groups in total. The van der Waals surface area contributed by atoms with Crippen molar-refractivity contribution in [3.63, 3.8) is 0 Å². The van der Waals surface area contributed by atoms with Gasteiger partial charge in [0, 0.05) is 18.2 Å². The number of rotatable bonds is 8. The Bertz CT molecular complexity index is 922. The van der Waals surface area contributed by atoms with Gasteiger partial charge >= 0.3 is 0 Å². The van der Waals surface area contributed by atoms with Crippen LogP contribution >= 0.6 is 11.8 Å². The first-order valence-electron chi connectivity index (χ1n) is 8.04. The second-order valence-electron chi connectivity index (χ2n) is 4.98. The predicted molar refractivity (Wildman–Crippen MR) is 106 cm³/mol. The highest BCUT2D eigenvalue weighted by Crippen LogP contribution is 2.30. The van der Waals surface area contributed by atoms with E-state index in [1.54, 1.807) is 19.4 Å². The molecule has 3 aromatic rings. The molecular weight excluding hydrogens is 384 g/mol. The molecule has 0 saturated carbocycles. The molecule has 0 aliphatic carbocycles. The third kappa shape index (κ3) is 5.21. The fourth-order valence-corrected chi connectivity index (χ4v) is 2.73. The van der Waals surface area contributed by atoms with Gasteiger partial charge in [-0.05, 0) is 30.3 Å². The molecule has 2 aromatic heterocycles. The average Bonchev–Trinajstić information content (AvgIpc) is 3.41. The van der Waals surface area contributed by atoms with E-state index in [0.29, 0.717) is 34.0 Å². The molecule has 0 bridgehead atoms. The minimum atomic E-state index is 0.304. The molecule has 0 atom stereocenters. The number of methoxy groups -OCH3 is 1. The molecule has 0 spiro atoms. The van der Waals surface area contributed by atoms with Crippen LogP contribution in [0.5, 0.6) is 5.75 Å². The molecule has 28 heavy (non-hydrogen) atoms. The summed E-state index contributed by atoms with van der Waals surface area (Å²) >= 11 is 1.25. The second kappa shape index (κ2) is 10.9. The summed E-state index contributed by atoms with van der Waals surface area (Å²) in [7, 11) is 4.07. The topological polar surface area (TPSA) is 123 Å². The number of aliphatic hydroxyl groups is 1. The number of thioether (sulfide) groups is 1. The molecule has 0 aliphatic rings. The van der Waals surface area contributed by atoms with Crippen molar-refractivity contribution in [2.45, 2.75) is 5.16 Å². The molecule has 10 heteroatoms. The van der Waals surface area contributed by atoms with Crippen molar-refractivity contribution in [3.05, 3.63) is 35.9 Å². The maximum atomic E-state index is 10.4. The summed E-state index contributed by atoms with van der Waals surface area (Å²) in [5.41, 5.74) is 1.61. The van der Waals surface area contributed by atoms with Crippen LogP contribution in [0.4, 0.5) is 0 Å². The highest BCUT2D eigenvalue weighted by Gasteiger charge is 2.13. The average molecular weight is 404 g/mol. The largest absolute Gasteiger partial charge is 0.496 e. The van der Waals surface area contributed by atoms with Crippen molar-refractivity contribution >= 4 is 24.3 Å². The van der Waals surface area contributed by atoms with Gasteiger partial charge in [-0.3, -0.25) is 5.10 Å². The van der Waals surface area contributed by atoms with Crippen LogP contribution in [0.15, 0.2) is 45.1 Å². The Morgan fingerprint density at radius 3 is 2.75 bits per heavy atom. The zero-order chi connectivity index (χ0) is 20.4. The van der Waals surface area contributed by atoms with Crippen LogP contribution in [-0.4, -0.2) is 59.9 Å².